The molecule has 1 aliphatic rings. The molecule has 0 unspecified atom stereocenters. The molecule has 0 aromatic rings. The first kappa shape index (κ1) is 9.76. The molecule has 0 spiro atoms. The van der Waals surface area contributed by atoms with Crippen molar-refractivity contribution in [2.45, 2.75) is 24.7 Å². The number of nitrogens with zero attached hydrogens (tertiary/aromatic N) is 1. The van der Waals surface area contributed by atoms with Gasteiger partial charge in [0.2, 0.25) is 0 Å². The van der Waals surface area contributed by atoms with Crippen molar-refractivity contribution in [3.05, 3.63) is 0 Å². The lowest BCUT2D eigenvalue weighted by Crippen LogP contribution is -2.37. The highest BCUT2D eigenvalue weighted by atomic mass is 19.4. The molecule has 1 heterocycles. The molecule has 3 nitrogen and oxygen atoms in total. The summed E-state index contributed by atoms with van der Waals surface area (Å²) in [5, 5.41) is 9.30. The summed E-state index contributed by atoms with van der Waals surface area (Å²) in [6, 6.07) is -1.59. The maximum absolute atomic E-state index is 12.1. The molecule has 6 heteroatoms. The van der Waals surface area contributed by atoms with E-state index >= 15 is 0 Å². The van der Waals surface area contributed by atoms with Crippen LogP contribution >= 0.6 is 0 Å². The van der Waals surface area contributed by atoms with Gasteiger partial charge in [0.1, 0.15) is 12.1 Å². The Morgan fingerprint density at radius 2 is 2.17 bits per heavy atom. The largest absolute Gasteiger partial charge is 0.406 e. The first-order valence-corrected chi connectivity index (χ1v) is 3.52. The Morgan fingerprint density at radius 3 is 2.42 bits per heavy atom. The van der Waals surface area contributed by atoms with Crippen molar-refractivity contribution in [1.29, 1.82) is 0 Å². The van der Waals surface area contributed by atoms with E-state index in [-0.39, 0.29) is 13.0 Å². The fourth-order valence-electron chi connectivity index (χ4n) is 1.20. The Labute approximate surface area is 67.7 Å². The summed E-state index contributed by atoms with van der Waals surface area (Å²) < 4.78 is 36.4. The third kappa shape index (κ3) is 1.88. The highest BCUT2D eigenvalue weighted by Gasteiger charge is 2.48. The minimum absolute atomic E-state index is 0.198. The van der Waals surface area contributed by atoms with Crippen LogP contribution in [-0.4, -0.2) is 42.1 Å². The number of aliphatic hydroxyl groups is 1. The second-order valence-corrected chi connectivity index (χ2v) is 2.75. The number of hydrogen-bond acceptors (Lipinski definition) is 3. The molecule has 0 saturated carbocycles. The van der Waals surface area contributed by atoms with Gasteiger partial charge in [0, 0.05) is 13.5 Å². The van der Waals surface area contributed by atoms with Crippen molar-refractivity contribution in [3.8, 4) is 0 Å². The fraction of sp³-hybridized carbons (Fsp3) is 1.00. The summed E-state index contributed by atoms with van der Waals surface area (Å²) in [5.74, 6) is 0. The summed E-state index contributed by atoms with van der Waals surface area (Å²) in [5.41, 5.74) is 0. The van der Waals surface area contributed by atoms with E-state index in [0.29, 0.717) is 0 Å². The summed E-state index contributed by atoms with van der Waals surface area (Å²) >= 11 is 0. The van der Waals surface area contributed by atoms with E-state index in [9.17, 15) is 13.2 Å². The normalized spacial score (nSPS) is 32.8. The molecule has 0 bridgehead atoms. The molecule has 1 fully saturated rings. The molecule has 2 atom stereocenters. The number of rotatable bonds is 1. The lowest BCUT2D eigenvalue weighted by Gasteiger charge is -2.19. The molecule has 0 aromatic carbocycles. The topological polar surface area (TPSA) is 32.7 Å². The van der Waals surface area contributed by atoms with E-state index in [1.54, 1.807) is 0 Å². The zero-order valence-electron chi connectivity index (χ0n) is 6.51. The minimum atomic E-state index is -4.28. The summed E-state index contributed by atoms with van der Waals surface area (Å²) in [6.45, 7) is -0.378. The predicted molar refractivity (Wildman–Crippen MR) is 34.2 cm³/mol. The van der Waals surface area contributed by atoms with E-state index in [4.69, 9.17) is 9.94 Å². The number of hydroxylamine groups is 2. The van der Waals surface area contributed by atoms with Gasteiger partial charge in [-0.3, -0.25) is 4.84 Å². The molecule has 1 rings (SSSR count). The third-order valence-electron chi connectivity index (χ3n) is 1.82. The molecule has 1 N–H and O–H groups in total. The Morgan fingerprint density at radius 1 is 1.58 bits per heavy atom. The maximum Gasteiger partial charge on any atom is 0.406 e. The average molecular weight is 185 g/mol. The van der Waals surface area contributed by atoms with Crippen molar-refractivity contribution in [2.75, 3.05) is 13.7 Å². The molecule has 12 heavy (non-hydrogen) atoms. The molecule has 0 aromatic heterocycles. The van der Waals surface area contributed by atoms with Crippen LogP contribution in [0.4, 0.5) is 13.2 Å². The van der Waals surface area contributed by atoms with Gasteiger partial charge in [0.05, 0.1) is 6.61 Å². The van der Waals surface area contributed by atoms with E-state index in [0.717, 1.165) is 5.06 Å². The van der Waals surface area contributed by atoms with E-state index in [1.807, 2.05) is 0 Å². The predicted octanol–water partition coefficient (Wildman–Crippen LogP) is 0.545. The molecule has 72 valence electrons. The zero-order valence-corrected chi connectivity index (χ0v) is 6.51. The Bertz CT molecular complexity index is 161. The monoisotopic (exact) mass is 185 g/mol. The fourth-order valence-corrected chi connectivity index (χ4v) is 1.20. The van der Waals surface area contributed by atoms with Gasteiger partial charge in [-0.25, -0.2) is 0 Å². The van der Waals surface area contributed by atoms with Crippen LogP contribution in [0, 0.1) is 0 Å². The van der Waals surface area contributed by atoms with Gasteiger partial charge in [-0.15, -0.1) is 0 Å². The van der Waals surface area contributed by atoms with Crippen molar-refractivity contribution in [1.82, 2.24) is 5.06 Å². The van der Waals surface area contributed by atoms with E-state index < -0.39 is 18.3 Å². The van der Waals surface area contributed by atoms with Gasteiger partial charge >= 0.3 is 6.18 Å². The van der Waals surface area contributed by atoms with Gasteiger partial charge < -0.3 is 5.11 Å². The molecule has 1 aliphatic heterocycles. The van der Waals surface area contributed by atoms with Crippen LogP contribution in [0.15, 0.2) is 0 Å². The van der Waals surface area contributed by atoms with Crippen LogP contribution in [0.2, 0.25) is 0 Å². The molecule has 0 aliphatic carbocycles. The van der Waals surface area contributed by atoms with Crippen molar-refractivity contribution < 1.29 is 23.1 Å². The van der Waals surface area contributed by atoms with Gasteiger partial charge in [-0.1, -0.05) is 0 Å². The Balaban J connectivity index is 2.58. The highest BCUT2D eigenvalue weighted by molar-refractivity contribution is 4.81. The third-order valence-corrected chi connectivity index (χ3v) is 1.82. The summed E-state index contributed by atoms with van der Waals surface area (Å²) in [6.07, 6.45) is -5.20. The molecule has 0 amide bonds. The zero-order chi connectivity index (χ0) is 9.35. The van der Waals surface area contributed by atoms with Gasteiger partial charge in [-0.2, -0.15) is 18.2 Å². The van der Waals surface area contributed by atoms with Crippen LogP contribution in [0.5, 0.6) is 0 Å². The highest BCUT2D eigenvalue weighted by Crippen LogP contribution is 2.32. The SMILES string of the molecule is CN1O[C@H](CO)C[C@H]1C(F)(F)F. The smallest absolute Gasteiger partial charge is 0.394 e. The van der Waals surface area contributed by atoms with Crippen molar-refractivity contribution >= 4 is 0 Å². The van der Waals surface area contributed by atoms with Gasteiger partial charge in [-0.05, 0) is 0 Å². The number of halogens is 3. The number of hydrogen-bond donors (Lipinski definition) is 1. The lowest BCUT2D eigenvalue weighted by atomic mass is 10.1. The Hall–Kier alpha value is -0.330. The first-order chi connectivity index (χ1) is 5.45. The van der Waals surface area contributed by atoms with Crippen LogP contribution in [0.3, 0.4) is 0 Å². The molecular weight excluding hydrogens is 175 g/mol. The van der Waals surface area contributed by atoms with E-state index in [1.165, 1.54) is 7.05 Å². The molecule has 1 saturated heterocycles. The van der Waals surface area contributed by atoms with Crippen molar-refractivity contribution in [2.24, 2.45) is 0 Å². The van der Waals surface area contributed by atoms with Crippen molar-refractivity contribution in [3.63, 3.8) is 0 Å². The standard InChI is InChI=1S/C6H10F3NO2/c1-10-5(6(7,8)9)2-4(3-11)12-10/h4-5,11H,2-3H2,1H3/t4-,5-/m0/s1. The number of aliphatic hydroxyl groups excluding tert-OH is 1. The Kier molecular flexibility index (Phi) is 2.60. The average Bonchev–Trinajstić information content (AvgIpc) is 2.29. The second-order valence-electron chi connectivity index (χ2n) is 2.75. The van der Waals surface area contributed by atoms with Crippen LogP contribution in [0.1, 0.15) is 6.42 Å². The first-order valence-electron chi connectivity index (χ1n) is 3.52. The summed E-state index contributed by atoms with van der Waals surface area (Å²) in [4.78, 5) is 4.71. The number of alkyl halides is 3. The van der Waals surface area contributed by atoms with Crippen LogP contribution in [-0.2, 0) is 4.84 Å². The minimum Gasteiger partial charge on any atom is -0.394 e. The van der Waals surface area contributed by atoms with Crippen LogP contribution < -0.4 is 0 Å². The quantitative estimate of drug-likeness (QED) is 0.647. The lowest BCUT2D eigenvalue weighted by molar-refractivity contribution is -0.233. The van der Waals surface area contributed by atoms with Gasteiger partial charge in [0.15, 0.2) is 0 Å². The molecular formula is C6H10F3NO2. The van der Waals surface area contributed by atoms with Gasteiger partial charge in [0.25, 0.3) is 0 Å². The summed E-state index contributed by atoms with van der Waals surface area (Å²) in [7, 11) is 1.22. The second kappa shape index (κ2) is 3.20. The van der Waals surface area contributed by atoms with Crippen LogP contribution in [0.25, 0.3) is 0 Å². The maximum atomic E-state index is 12.1. The molecule has 0 radical (unpaired) electrons. The van der Waals surface area contributed by atoms with E-state index in [2.05, 4.69) is 0 Å².